The van der Waals surface area contributed by atoms with Crippen molar-refractivity contribution < 1.29 is 26.3 Å². The SMILES string of the molecule is N#Cc1ccc(-c2cc(Nc3nc(NC(CF)C(F)F)nc(-c4cccc(C(F)(F)F)n4)n3)ccn2)cc1. The van der Waals surface area contributed by atoms with E-state index in [0.717, 1.165) is 12.1 Å². The van der Waals surface area contributed by atoms with Crippen LogP contribution in [0.1, 0.15) is 11.3 Å². The Morgan fingerprint density at radius 2 is 1.63 bits per heavy atom. The molecule has 0 aliphatic carbocycles. The molecule has 1 unspecified atom stereocenters. The molecule has 3 heterocycles. The van der Waals surface area contributed by atoms with Gasteiger partial charge in [0.25, 0.3) is 6.43 Å². The van der Waals surface area contributed by atoms with E-state index in [4.69, 9.17) is 5.26 Å². The molecule has 0 aliphatic heterocycles. The topological polar surface area (TPSA) is 112 Å². The molecule has 0 fully saturated rings. The Balaban J connectivity index is 1.71. The molecule has 194 valence electrons. The number of alkyl halides is 6. The van der Waals surface area contributed by atoms with Gasteiger partial charge in [0.2, 0.25) is 11.9 Å². The molecule has 0 radical (unpaired) electrons. The largest absolute Gasteiger partial charge is 0.433 e. The minimum atomic E-state index is -4.75. The summed E-state index contributed by atoms with van der Waals surface area (Å²) in [4.78, 5) is 19.7. The molecule has 38 heavy (non-hydrogen) atoms. The lowest BCUT2D eigenvalue weighted by Gasteiger charge is -2.16. The van der Waals surface area contributed by atoms with Crippen molar-refractivity contribution in [1.29, 1.82) is 5.26 Å². The van der Waals surface area contributed by atoms with Gasteiger partial charge in [0.15, 0.2) is 5.82 Å². The predicted molar refractivity (Wildman–Crippen MR) is 125 cm³/mol. The van der Waals surface area contributed by atoms with E-state index < -0.39 is 37.0 Å². The fourth-order valence-electron chi connectivity index (χ4n) is 3.17. The zero-order chi connectivity index (χ0) is 27.3. The summed E-state index contributed by atoms with van der Waals surface area (Å²) < 4.78 is 78.9. The van der Waals surface area contributed by atoms with Crippen molar-refractivity contribution >= 4 is 17.6 Å². The second kappa shape index (κ2) is 11.1. The lowest BCUT2D eigenvalue weighted by Crippen LogP contribution is -2.31. The van der Waals surface area contributed by atoms with E-state index in [2.05, 4.69) is 35.6 Å². The Bertz CT molecular complexity index is 1450. The predicted octanol–water partition coefficient (Wildman–Crippen LogP) is 5.64. The Labute approximate surface area is 211 Å². The number of nitriles is 1. The van der Waals surface area contributed by atoms with Crippen molar-refractivity contribution in [3.8, 4) is 28.8 Å². The molecule has 0 saturated carbocycles. The van der Waals surface area contributed by atoms with Gasteiger partial charge in [-0.15, -0.1) is 0 Å². The van der Waals surface area contributed by atoms with Crippen molar-refractivity contribution in [3.05, 3.63) is 72.1 Å². The summed E-state index contributed by atoms with van der Waals surface area (Å²) in [6.45, 7) is -1.46. The first-order chi connectivity index (χ1) is 18.2. The van der Waals surface area contributed by atoms with Crippen LogP contribution >= 0.6 is 0 Å². The zero-order valence-corrected chi connectivity index (χ0v) is 19.1. The Morgan fingerprint density at radius 1 is 0.895 bits per heavy atom. The van der Waals surface area contributed by atoms with Crippen LogP contribution in [0.15, 0.2) is 60.8 Å². The molecule has 2 N–H and O–H groups in total. The normalized spacial score (nSPS) is 12.2. The molecule has 0 aliphatic rings. The van der Waals surface area contributed by atoms with Crippen molar-refractivity contribution in [1.82, 2.24) is 24.9 Å². The molecular weight excluding hydrogens is 514 g/mol. The van der Waals surface area contributed by atoms with E-state index in [0.29, 0.717) is 22.5 Å². The van der Waals surface area contributed by atoms with Gasteiger partial charge in [-0.25, -0.2) is 18.2 Å². The van der Waals surface area contributed by atoms with Gasteiger partial charge in [-0.2, -0.15) is 33.4 Å². The molecule has 0 amide bonds. The number of anilines is 3. The number of rotatable bonds is 8. The van der Waals surface area contributed by atoms with E-state index in [9.17, 15) is 26.3 Å². The Hall–Kier alpha value is -4.80. The van der Waals surface area contributed by atoms with Crippen molar-refractivity contribution in [3.63, 3.8) is 0 Å². The summed E-state index contributed by atoms with van der Waals surface area (Å²) in [6, 6.07) is 12.8. The van der Waals surface area contributed by atoms with E-state index in [1.807, 2.05) is 6.07 Å². The van der Waals surface area contributed by atoms with E-state index in [1.54, 1.807) is 30.3 Å². The fraction of sp³-hybridized carbons (Fsp3) is 0.167. The highest BCUT2D eigenvalue weighted by molar-refractivity contribution is 5.67. The highest BCUT2D eigenvalue weighted by Gasteiger charge is 2.33. The number of pyridine rings is 2. The van der Waals surface area contributed by atoms with Crippen LogP contribution < -0.4 is 10.6 Å². The van der Waals surface area contributed by atoms with Crippen LogP contribution in [-0.4, -0.2) is 44.1 Å². The first-order valence-electron chi connectivity index (χ1n) is 10.8. The highest BCUT2D eigenvalue weighted by atomic mass is 19.4. The summed E-state index contributed by atoms with van der Waals surface area (Å²) in [6.07, 6.45) is -6.40. The summed E-state index contributed by atoms with van der Waals surface area (Å²) in [5.74, 6) is -1.11. The van der Waals surface area contributed by atoms with Gasteiger partial charge in [0.05, 0.1) is 17.3 Å². The van der Waals surface area contributed by atoms with Gasteiger partial charge in [-0.1, -0.05) is 18.2 Å². The number of benzene rings is 1. The number of hydrogen-bond donors (Lipinski definition) is 2. The van der Waals surface area contributed by atoms with Crippen molar-refractivity contribution in [2.24, 2.45) is 0 Å². The lowest BCUT2D eigenvalue weighted by molar-refractivity contribution is -0.141. The Kier molecular flexibility index (Phi) is 7.66. The molecule has 4 rings (SSSR count). The van der Waals surface area contributed by atoms with Crippen LogP contribution in [0, 0.1) is 11.3 Å². The summed E-state index contributed by atoms with van der Waals surface area (Å²) in [5, 5.41) is 13.9. The standard InChI is InChI=1S/C24H16F6N8/c25-11-18(20(26)27)35-23-37-21(16-2-1-3-19(34-16)24(28,29)30)36-22(38-23)33-15-8-9-32-17(10-15)14-6-4-13(12-31)5-7-14/h1-10,18,20H,11H2,(H2,32,33,35,36,37,38). The smallest absolute Gasteiger partial charge is 0.343 e. The molecule has 4 aromatic rings. The van der Waals surface area contributed by atoms with E-state index >= 15 is 0 Å². The number of halogens is 6. The van der Waals surface area contributed by atoms with Crippen LogP contribution in [0.5, 0.6) is 0 Å². The molecule has 0 spiro atoms. The maximum Gasteiger partial charge on any atom is 0.433 e. The molecule has 0 bridgehead atoms. The van der Waals surface area contributed by atoms with Gasteiger partial charge in [-0.05, 0) is 36.4 Å². The van der Waals surface area contributed by atoms with Crippen LogP contribution in [0.2, 0.25) is 0 Å². The number of nitrogens with zero attached hydrogens (tertiary/aromatic N) is 6. The lowest BCUT2D eigenvalue weighted by atomic mass is 10.1. The molecule has 0 saturated heterocycles. The summed E-state index contributed by atoms with van der Waals surface area (Å²) in [5.41, 5.74) is 0.504. The van der Waals surface area contributed by atoms with Crippen LogP contribution in [0.4, 0.5) is 43.9 Å². The second-order valence-corrected chi connectivity index (χ2v) is 7.70. The first kappa shape index (κ1) is 26.3. The number of nitrogens with one attached hydrogen (secondary N) is 2. The third-order valence-corrected chi connectivity index (χ3v) is 5.01. The number of hydrogen-bond acceptors (Lipinski definition) is 8. The maximum absolute atomic E-state index is 13.2. The van der Waals surface area contributed by atoms with Gasteiger partial charge < -0.3 is 10.6 Å². The summed E-state index contributed by atoms with van der Waals surface area (Å²) >= 11 is 0. The van der Waals surface area contributed by atoms with Crippen LogP contribution in [0.25, 0.3) is 22.8 Å². The zero-order valence-electron chi connectivity index (χ0n) is 19.1. The molecule has 8 nitrogen and oxygen atoms in total. The van der Waals surface area contributed by atoms with Crippen molar-refractivity contribution in [2.45, 2.75) is 18.6 Å². The first-order valence-corrected chi connectivity index (χ1v) is 10.8. The van der Waals surface area contributed by atoms with E-state index in [-0.39, 0.29) is 17.5 Å². The van der Waals surface area contributed by atoms with Crippen molar-refractivity contribution in [2.75, 3.05) is 17.3 Å². The van der Waals surface area contributed by atoms with Gasteiger partial charge in [0.1, 0.15) is 24.1 Å². The highest BCUT2D eigenvalue weighted by Crippen LogP contribution is 2.29. The van der Waals surface area contributed by atoms with Crippen LogP contribution in [-0.2, 0) is 6.18 Å². The quantitative estimate of drug-likeness (QED) is 0.281. The van der Waals surface area contributed by atoms with Crippen LogP contribution in [0.3, 0.4) is 0 Å². The second-order valence-electron chi connectivity index (χ2n) is 7.70. The molecular formula is C24H16F6N8. The van der Waals surface area contributed by atoms with E-state index in [1.165, 1.54) is 18.3 Å². The molecule has 1 atom stereocenters. The third kappa shape index (κ3) is 6.30. The third-order valence-electron chi connectivity index (χ3n) is 5.01. The van der Waals surface area contributed by atoms with Gasteiger partial charge in [-0.3, -0.25) is 4.98 Å². The fourth-order valence-corrected chi connectivity index (χ4v) is 3.17. The molecule has 14 heteroatoms. The number of aromatic nitrogens is 5. The minimum absolute atomic E-state index is 0.236. The van der Waals surface area contributed by atoms with Gasteiger partial charge >= 0.3 is 6.18 Å². The maximum atomic E-state index is 13.2. The summed E-state index contributed by atoms with van der Waals surface area (Å²) in [7, 11) is 0. The minimum Gasteiger partial charge on any atom is -0.343 e. The molecule has 1 aromatic carbocycles. The van der Waals surface area contributed by atoms with Gasteiger partial charge in [0, 0.05) is 17.4 Å². The average Bonchev–Trinajstić information content (AvgIpc) is 2.91. The monoisotopic (exact) mass is 530 g/mol. The molecule has 3 aromatic heterocycles. The average molecular weight is 530 g/mol. The Morgan fingerprint density at radius 3 is 2.29 bits per heavy atom.